The molecule has 0 unspecified atom stereocenters. The maximum atomic E-state index is 13.1. The Balaban J connectivity index is 0.00000240. The van der Waals surface area contributed by atoms with Crippen LogP contribution in [0.1, 0.15) is 5.76 Å². The molecule has 0 spiro atoms. The van der Waals surface area contributed by atoms with Crippen LogP contribution >= 0.6 is 24.0 Å². The molecule has 0 amide bonds. The van der Waals surface area contributed by atoms with E-state index in [-0.39, 0.29) is 18.2 Å². The topological polar surface area (TPSA) is 49.8 Å². The minimum Gasteiger partial charge on any atom is -0.395 e. The first-order valence-corrected chi connectivity index (χ1v) is 9.58. The predicted octanol–water partition coefficient (Wildman–Crippen LogP) is 4.48. The average Bonchev–Trinajstić information content (AvgIpc) is 3.08. The minimum atomic E-state index is -0.736. The van der Waals surface area contributed by atoms with Gasteiger partial charge in [0.25, 0.3) is 0 Å². The summed E-state index contributed by atoms with van der Waals surface area (Å²) in [6.07, 6.45) is 0.551. The second-order valence-electron chi connectivity index (χ2n) is 6.77. The lowest BCUT2D eigenvalue weighted by Crippen LogP contribution is -2.47. The molecule has 2 heterocycles. The Morgan fingerprint density at radius 2 is 1.72 bits per heavy atom. The number of rotatable bonds is 5. The van der Waals surface area contributed by atoms with Crippen LogP contribution < -0.4 is 10.7 Å². The summed E-state index contributed by atoms with van der Waals surface area (Å²) >= 11 is 6.08. The molecule has 1 aromatic heterocycles. The number of anilines is 1. The molecule has 1 aliphatic heterocycles. The van der Waals surface area contributed by atoms with Crippen LogP contribution in [0.4, 0.5) is 10.1 Å². The van der Waals surface area contributed by atoms with Gasteiger partial charge in [-0.3, -0.25) is 4.90 Å². The largest absolute Gasteiger partial charge is 0.519 e. The van der Waals surface area contributed by atoms with E-state index in [2.05, 4.69) is 15.9 Å². The molecule has 0 atom stereocenters. The van der Waals surface area contributed by atoms with E-state index in [9.17, 15) is 9.18 Å². The Bertz CT molecular complexity index is 996. The quantitative estimate of drug-likeness (QED) is 0.587. The van der Waals surface area contributed by atoms with Gasteiger partial charge >= 0.3 is 5.82 Å². The average molecular weight is 439 g/mol. The van der Waals surface area contributed by atoms with Crippen LogP contribution in [-0.4, -0.2) is 37.6 Å². The molecule has 154 valence electrons. The van der Waals surface area contributed by atoms with Crippen LogP contribution in [0.25, 0.3) is 11.3 Å². The van der Waals surface area contributed by atoms with Gasteiger partial charge in [0.15, 0.2) is 11.5 Å². The maximum Gasteiger partial charge on any atom is 0.519 e. The zero-order chi connectivity index (χ0) is 19.5. The third-order valence-corrected chi connectivity index (χ3v) is 5.19. The molecule has 3 aromatic rings. The number of benzene rings is 2. The number of halogens is 3. The van der Waals surface area contributed by atoms with Crippen molar-refractivity contribution in [2.24, 2.45) is 0 Å². The number of hydrogen-bond donors (Lipinski definition) is 0. The van der Waals surface area contributed by atoms with Gasteiger partial charge in [0, 0.05) is 55.4 Å². The van der Waals surface area contributed by atoms with Crippen molar-refractivity contribution in [2.45, 2.75) is 6.42 Å². The Hall–Kier alpha value is -2.28. The SMILES string of the molecule is Cl.O=c1oc(CCN2CCN(c3cccc(Cl)c3)CC2)c(-c2ccc(F)cc2)o1. The van der Waals surface area contributed by atoms with E-state index in [1.54, 1.807) is 12.1 Å². The first-order chi connectivity index (χ1) is 13.6. The van der Waals surface area contributed by atoms with Gasteiger partial charge < -0.3 is 13.7 Å². The Morgan fingerprint density at radius 3 is 2.41 bits per heavy atom. The van der Waals surface area contributed by atoms with Crippen LogP contribution in [0.3, 0.4) is 0 Å². The van der Waals surface area contributed by atoms with Crippen molar-refractivity contribution < 1.29 is 13.2 Å². The summed E-state index contributed by atoms with van der Waals surface area (Å²) in [5.41, 5.74) is 1.76. The molecular weight excluding hydrogens is 418 g/mol. The van der Waals surface area contributed by atoms with Gasteiger partial charge in [-0.05, 0) is 42.5 Å². The maximum absolute atomic E-state index is 13.1. The molecular formula is C21H21Cl2FN2O3. The molecule has 0 aliphatic carbocycles. The second kappa shape index (κ2) is 9.48. The van der Waals surface area contributed by atoms with Crippen LogP contribution in [-0.2, 0) is 6.42 Å². The smallest absolute Gasteiger partial charge is 0.395 e. The van der Waals surface area contributed by atoms with E-state index >= 15 is 0 Å². The van der Waals surface area contributed by atoms with E-state index in [0.717, 1.165) is 43.4 Å². The molecule has 1 aliphatic rings. The second-order valence-corrected chi connectivity index (χ2v) is 7.21. The Labute approximate surface area is 179 Å². The van der Waals surface area contributed by atoms with Crippen LogP contribution in [0, 0.1) is 5.82 Å². The van der Waals surface area contributed by atoms with Gasteiger partial charge in [-0.1, -0.05) is 17.7 Å². The molecule has 0 N–H and O–H groups in total. The van der Waals surface area contributed by atoms with Gasteiger partial charge in [-0.25, -0.2) is 9.18 Å². The highest BCUT2D eigenvalue weighted by molar-refractivity contribution is 6.30. The van der Waals surface area contributed by atoms with Crippen LogP contribution in [0.5, 0.6) is 0 Å². The zero-order valence-electron chi connectivity index (χ0n) is 15.6. The highest BCUT2D eigenvalue weighted by Gasteiger charge is 2.20. The molecule has 29 heavy (non-hydrogen) atoms. The summed E-state index contributed by atoms with van der Waals surface area (Å²) in [5, 5.41) is 0.739. The fourth-order valence-electron chi connectivity index (χ4n) is 3.46. The monoisotopic (exact) mass is 438 g/mol. The summed E-state index contributed by atoms with van der Waals surface area (Å²) in [6.45, 7) is 4.36. The summed E-state index contributed by atoms with van der Waals surface area (Å²) in [4.78, 5) is 16.2. The third kappa shape index (κ3) is 5.21. The Morgan fingerprint density at radius 1 is 1.00 bits per heavy atom. The van der Waals surface area contributed by atoms with E-state index in [4.69, 9.17) is 20.4 Å². The Kier molecular flexibility index (Phi) is 7.00. The lowest BCUT2D eigenvalue weighted by molar-refractivity contribution is 0.254. The number of piperazine rings is 1. The highest BCUT2D eigenvalue weighted by Crippen LogP contribution is 2.24. The molecule has 8 heteroatoms. The summed E-state index contributed by atoms with van der Waals surface area (Å²) in [5.74, 6) is -0.203. The third-order valence-electron chi connectivity index (χ3n) is 4.95. The highest BCUT2D eigenvalue weighted by atomic mass is 35.5. The number of nitrogens with zero attached hydrogens (tertiary/aromatic N) is 2. The van der Waals surface area contributed by atoms with Gasteiger partial charge in [-0.15, -0.1) is 12.4 Å². The van der Waals surface area contributed by atoms with Crippen molar-refractivity contribution in [1.82, 2.24) is 4.90 Å². The minimum absolute atomic E-state index is 0. The lowest BCUT2D eigenvalue weighted by Gasteiger charge is -2.36. The van der Waals surface area contributed by atoms with Crippen molar-refractivity contribution in [3.8, 4) is 11.3 Å². The van der Waals surface area contributed by atoms with Crippen LogP contribution in [0.2, 0.25) is 5.02 Å². The molecule has 0 bridgehead atoms. The van der Waals surface area contributed by atoms with Crippen molar-refractivity contribution in [2.75, 3.05) is 37.6 Å². The summed E-state index contributed by atoms with van der Waals surface area (Å²) < 4.78 is 23.6. The van der Waals surface area contributed by atoms with Gasteiger partial charge in [-0.2, -0.15) is 0 Å². The van der Waals surface area contributed by atoms with Gasteiger partial charge in [0.05, 0.1) is 0 Å². The fraction of sp³-hybridized carbons (Fsp3) is 0.286. The standard InChI is InChI=1S/C21H20ClFN2O3.ClH/c22-16-2-1-3-18(14-16)25-12-10-24(11-13-25)9-8-19-20(28-21(26)27-19)15-4-6-17(23)7-5-15;/h1-7,14H,8-13H2;1H. The van der Waals surface area contributed by atoms with Crippen molar-refractivity contribution in [1.29, 1.82) is 0 Å². The zero-order valence-corrected chi connectivity index (χ0v) is 17.2. The van der Waals surface area contributed by atoms with E-state index in [1.807, 2.05) is 18.2 Å². The molecule has 0 saturated carbocycles. The first kappa shape index (κ1) is 21.4. The number of hydrogen-bond acceptors (Lipinski definition) is 5. The summed E-state index contributed by atoms with van der Waals surface area (Å²) in [7, 11) is 0. The first-order valence-electron chi connectivity index (χ1n) is 9.20. The van der Waals surface area contributed by atoms with Crippen LogP contribution in [0.15, 0.2) is 62.2 Å². The fourth-order valence-corrected chi connectivity index (χ4v) is 3.64. The van der Waals surface area contributed by atoms with Crippen molar-refractivity contribution in [3.05, 3.63) is 75.7 Å². The molecule has 1 fully saturated rings. The van der Waals surface area contributed by atoms with Crippen molar-refractivity contribution in [3.63, 3.8) is 0 Å². The molecule has 2 aromatic carbocycles. The van der Waals surface area contributed by atoms with E-state index in [0.29, 0.717) is 23.5 Å². The van der Waals surface area contributed by atoms with E-state index < -0.39 is 5.82 Å². The molecule has 5 nitrogen and oxygen atoms in total. The van der Waals surface area contributed by atoms with Crippen molar-refractivity contribution >= 4 is 29.7 Å². The van der Waals surface area contributed by atoms with Gasteiger partial charge in [0.1, 0.15) is 5.82 Å². The van der Waals surface area contributed by atoms with E-state index in [1.165, 1.54) is 12.1 Å². The predicted molar refractivity (Wildman–Crippen MR) is 114 cm³/mol. The lowest BCUT2D eigenvalue weighted by atomic mass is 10.1. The molecule has 0 radical (unpaired) electrons. The molecule has 4 rings (SSSR count). The summed E-state index contributed by atoms with van der Waals surface area (Å²) in [6, 6.07) is 13.7. The van der Waals surface area contributed by atoms with Gasteiger partial charge in [0.2, 0.25) is 0 Å². The molecule has 1 saturated heterocycles. The normalized spacial score (nSPS) is 14.6.